The Labute approximate surface area is 103 Å². The molecule has 0 aliphatic carbocycles. The molecule has 2 N–H and O–H groups in total. The first-order valence-electron chi connectivity index (χ1n) is 6.44. The van der Waals surface area contributed by atoms with Gasteiger partial charge < -0.3 is 10.4 Å². The first-order chi connectivity index (χ1) is 8.31. The third-order valence-corrected chi connectivity index (χ3v) is 3.59. The van der Waals surface area contributed by atoms with Crippen molar-refractivity contribution in [2.24, 2.45) is 0 Å². The summed E-state index contributed by atoms with van der Waals surface area (Å²) in [6, 6.07) is 11.7. The summed E-state index contributed by atoms with van der Waals surface area (Å²) in [5, 5.41) is 12.2. The molecule has 1 fully saturated rings. The Hall–Kier alpha value is -0.900. The van der Waals surface area contributed by atoms with Crippen molar-refractivity contribution >= 4 is 0 Å². The zero-order valence-electron chi connectivity index (χ0n) is 10.5. The summed E-state index contributed by atoms with van der Waals surface area (Å²) < 4.78 is 0. The maximum atomic E-state index is 8.80. The van der Waals surface area contributed by atoms with Gasteiger partial charge in [-0.25, -0.2) is 0 Å². The molecule has 0 amide bonds. The first kappa shape index (κ1) is 12.6. The van der Waals surface area contributed by atoms with Crippen LogP contribution in [0.15, 0.2) is 30.3 Å². The van der Waals surface area contributed by atoms with Crippen LogP contribution in [0.4, 0.5) is 0 Å². The second kappa shape index (κ2) is 6.15. The zero-order chi connectivity index (χ0) is 12.1. The molecule has 3 heteroatoms. The summed E-state index contributed by atoms with van der Waals surface area (Å²) in [5.74, 6) is 0. The molecule has 0 spiro atoms. The molecule has 0 bridgehead atoms. The standard InChI is InChI=1S/C14H22N2O/c1-12(13-5-3-2-4-6-13)16-9-7-14(11-16)15-8-10-17/h2-6,12,14-15,17H,7-11H2,1H3. The Morgan fingerprint density at radius 1 is 1.41 bits per heavy atom. The molecule has 0 saturated carbocycles. The van der Waals surface area contributed by atoms with Crippen molar-refractivity contribution in [3.05, 3.63) is 35.9 Å². The average Bonchev–Trinajstić information content (AvgIpc) is 2.85. The molecule has 2 unspecified atom stereocenters. The minimum Gasteiger partial charge on any atom is -0.395 e. The molecule has 0 radical (unpaired) electrons. The summed E-state index contributed by atoms with van der Waals surface area (Å²) in [7, 11) is 0. The van der Waals surface area contributed by atoms with E-state index in [0.717, 1.165) is 13.1 Å². The smallest absolute Gasteiger partial charge is 0.0556 e. The lowest BCUT2D eigenvalue weighted by molar-refractivity contribution is 0.249. The van der Waals surface area contributed by atoms with Crippen LogP contribution in [0.2, 0.25) is 0 Å². The fourth-order valence-electron chi connectivity index (χ4n) is 2.52. The number of nitrogens with one attached hydrogen (secondary N) is 1. The Balaban J connectivity index is 1.88. The lowest BCUT2D eigenvalue weighted by atomic mass is 10.1. The minimum atomic E-state index is 0.227. The van der Waals surface area contributed by atoms with Gasteiger partial charge in [0.25, 0.3) is 0 Å². The summed E-state index contributed by atoms with van der Waals surface area (Å²) in [4.78, 5) is 2.50. The highest BCUT2D eigenvalue weighted by molar-refractivity contribution is 5.18. The van der Waals surface area contributed by atoms with E-state index in [0.29, 0.717) is 18.6 Å². The topological polar surface area (TPSA) is 35.5 Å². The van der Waals surface area contributed by atoms with E-state index in [1.807, 2.05) is 0 Å². The summed E-state index contributed by atoms with van der Waals surface area (Å²) in [6.07, 6.45) is 1.18. The van der Waals surface area contributed by atoms with Crippen LogP contribution in [0, 0.1) is 0 Å². The molecule has 17 heavy (non-hydrogen) atoms. The highest BCUT2D eigenvalue weighted by Crippen LogP contribution is 2.24. The molecule has 1 saturated heterocycles. The Morgan fingerprint density at radius 3 is 2.88 bits per heavy atom. The van der Waals surface area contributed by atoms with E-state index in [9.17, 15) is 0 Å². The number of hydrogen-bond donors (Lipinski definition) is 2. The molecule has 1 aromatic carbocycles. The molecule has 1 aromatic rings. The highest BCUT2D eigenvalue weighted by atomic mass is 16.3. The van der Waals surface area contributed by atoms with Crippen LogP contribution in [0.25, 0.3) is 0 Å². The van der Waals surface area contributed by atoms with Crippen LogP contribution in [0.5, 0.6) is 0 Å². The third-order valence-electron chi connectivity index (χ3n) is 3.59. The van der Waals surface area contributed by atoms with Crippen LogP contribution in [0.3, 0.4) is 0 Å². The van der Waals surface area contributed by atoms with Crippen molar-refractivity contribution in [2.45, 2.75) is 25.4 Å². The van der Waals surface area contributed by atoms with E-state index in [2.05, 4.69) is 47.5 Å². The second-order valence-corrected chi connectivity index (χ2v) is 4.74. The van der Waals surface area contributed by atoms with Gasteiger partial charge in [-0.2, -0.15) is 0 Å². The molecule has 3 nitrogen and oxygen atoms in total. The summed E-state index contributed by atoms with van der Waals surface area (Å²) in [5.41, 5.74) is 1.38. The van der Waals surface area contributed by atoms with E-state index in [1.165, 1.54) is 12.0 Å². The summed E-state index contributed by atoms with van der Waals surface area (Å²) in [6.45, 7) is 5.42. The minimum absolute atomic E-state index is 0.227. The van der Waals surface area contributed by atoms with Crippen molar-refractivity contribution in [1.82, 2.24) is 10.2 Å². The van der Waals surface area contributed by atoms with E-state index >= 15 is 0 Å². The molecule has 2 atom stereocenters. The number of likely N-dealkylation sites (tertiary alicyclic amines) is 1. The van der Waals surface area contributed by atoms with Crippen molar-refractivity contribution in [3.63, 3.8) is 0 Å². The quantitative estimate of drug-likeness (QED) is 0.808. The van der Waals surface area contributed by atoms with Crippen LogP contribution in [-0.2, 0) is 0 Å². The maximum Gasteiger partial charge on any atom is 0.0556 e. The van der Waals surface area contributed by atoms with Gasteiger partial charge in [0.15, 0.2) is 0 Å². The van der Waals surface area contributed by atoms with Crippen molar-refractivity contribution in [3.8, 4) is 0 Å². The van der Waals surface area contributed by atoms with Gasteiger partial charge in [0.05, 0.1) is 6.61 Å². The fraction of sp³-hybridized carbons (Fsp3) is 0.571. The third kappa shape index (κ3) is 3.28. The predicted molar refractivity (Wildman–Crippen MR) is 69.9 cm³/mol. The molecule has 1 aliphatic heterocycles. The molecule has 1 heterocycles. The Kier molecular flexibility index (Phi) is 4.54. The van der Waals surface area contributed by atoms with Gasteiger partial charge in [-0.1, -0.05) is 30.3 Å². The number of nitrogens with zero attached hydrogens (tertiary/aromatic N) is 1. The van der Waals surface area contributed by atoms with Crippen LogP contribution < -0.4 is 5.32 Å². The molecule has 0 aromatic heterocycles. The molecule has 2 rings (SSSR count). The van der Waals surface area contributed by atoms with Crippen molar-refractivity contribution < 1.29 is 5.11 Å². The van der Waals surface area contributed by atoms with Gasteiger partial charge >= 0.3 is 0 Å². The van der Waals surface area contributed by atoms with Crippen molar-refractivity contribution in [1.29, 1.82) is 0 Å². The second-order valence-electron chi connectivity index (χ2n) is 4.74. The van der Waals surface area contributed by atoms with Crippen LogP contribution in [-0.4, -0.2) is 42.3 Å². The van der Waals surface area contributed by atoms with Crippen LogP contribution in [0.1, 0.15) is 24.9 Å². The first-order valence-corrected chi connectivity index (χ1v) is 6.44. The largest absolute Gasteiger partial charge is 0.395 e. The predicted octanol–water partition coefficient (Wildman–Crippen LogP) is 1.40. The zero-order valence-corrected chi connectivity index (χ0v) is 10.5. The molecular formula is C14H22N2O. The number of rotatable bonds is 5. The van der Waals surface area contributed by atoms with E-state index < -0.39 is 0 Å². The molecular weight excluding hydrogens is 212 g/mol. The maximum absolute atomic E-state index is 8.80. The SMILES string of the molecule is CC(c1ccccc1)N1CCC(NCCO)C1. The molecule has 94 valence electrons. The van der Waals surface area contributed by atoms with Crippen molar-refractivity contribution in [2.75, 3.05) is 26.2 Å². The Morgan fingerprint density at radius 2 is 2.18 bits per heavy atom. The van der Waals surface area contributed by atoms with Gasteiger partial charge in [0.1, 0.15) is 0 Å². The average molecular weight is 234 g/mol. The number of aliphatic hydroxyl groups excluding tert-OH is 1. The summed E-state index contributed by atoms with van der Waals surface area (Å²) >= 11 is 0. The van der Waals surface area contributed by atoms with Gasteiger partial charge in [0, 0.05) is 31.7 Å². The number of benzene rings is 1. The van der Waals surface area contributed by atoms with E-state index in [-0.39, 0.29) is 6.61 Å². The molecule has 1 aliphatic rings. The normalized spacial score (nSPS) is 22.8. The monoisotopic (exact) mass is 234 g/mol. The van der Waals surface area contributed by atoms with Gasteiger partial charge in [-0.05, 0) is 18.9 Å². The number of hydrogen-bond acceptors (Lipinski definition) is 3. The lowest BCUT2D eigenvalue weighted by Gasteiger charge is -2.24. The number of aliphatic hydroxyl groups is 1. The van der Waals surface area contributed by atoms with Gasteiger partial charge in [-0.3, -0.25) is 4.90 Å². The Bertz CT molecular complexity index is 328. The van der Waals surface area contributed by atoms with E-state index in [4.69, 9.17) is 5.11 Å². The van der Waals surface area contributed by atoms with E-state index in [1.54, 1.807) is 0 Å². The van der Waals surface area contributed by atoms with Gasteiger partial charge in [-0.15, -0.1) is 0 Å². The van der Waals surface area contributed by atoms with Crippen LogP contribution >= 0.6 is 0 Å². The fourth-order valence-corrected chi connectivity index (χ4v) is 2.52. The highest BCUT2D eigenvalue weighted by Gasteiger charge is 2.25. The lowest BCUT2D eigenvalue weighted by Crippen LogP contribution is -2.35. The van der Waals surface area contributed by atoms with Gasteiger partial charge in [0.2, 0.25) is 0 Å².